The van der Waals surface area contributed by atoms with Crippen LogP contribution in [0.3, 0.4) is 0 Å². The van der Waals surface area contributed by atoms with Crippen LogP contribution in [0.15, 0.2) is 48.5 Å². The molecule has 2 unspecified atom stereocenters. The van der Waals surface area contributed by atoms with E-state index in [2.05, 4.69) is 0 Å². The molecule has 2 aromatic rings. The number of benzene rings is 2. The maximum absolute atomic E-state index is 14.1. The smallest absolute Gasteiger partial charge is 0.410 e. The van der Waals surface area contributed by atoms with Crippen LogP contribution in [0.5, 0.6) is 0 Å². The summed E-state index contributed by atoms with van der Waals surface area (Å²) in [6, 6.07) is 12.3. The highest BCUT2D eigenvalue weighted by atomic mass is 19.2. The highest BCUT2D eigenvalue weighted by Crippen LogP contribution is 2.34. The van der Waals surface area contributed by atoms with Gasteiger partial charge in [-0.2, -0.15) is 0 Å². The zero-order valence-corrected chi connectivity index (χ0v) is 15.7. The van der Waals surface area contributed by atoms with Crippen LogP contribution in [0.1, 0.15) is 28.8 Å². The van der Waals surface area contributed by atoms with Gasteiger partial charge in [0.25, 0.3) is 0 Å². The molecule has 0 spiro atoms. The molecular weight excluding hydrogens is 380 g/mol. The van der Waals surface area contributed by atoms with Crippen LogP contribution in [-0.4, -0.2) is 42.1 Å². The number of halogens is 2. The molecule has 2 aliphatic heterocycles. The monoisotopic (exact) mass is 401 g/mol. The molecule has 5 nitrogen and oxygen atoms in total. The summed E-state index contributed by atoms with van der Waals surface area (Å²) in [5.74, 6) is -3.09. The number of hydrogen-bond donors (Lipinski definition) is 0. The van der Waals surface area contributed by atoms with Gasteiger partial charge in [-0.1, -0.05) is 36.4 Å². The molecule has 0 N–H and O–H groups in total. The molecule has 2 bridgehead atoms. The second-order valence-electron chi connectivity index (χ2n) is 7.43. The first-order valence-corrected chi connectivity index (χ1v) is 9.59. The first-order valence-electron chi connectivity index (χ1n) is 9.59. The van der Waals surface area contributed by atoms with Crippen LogP contribution in [0.2, 0.25) is 0 Å². The van der Waals surface area contributed by atoms with Crippen molar-refractivity contribution in [3.63, 3.8) is 0 Å². The number of piperidine rings is 1. The largest absolute Gasteiger partial charge is 0.445 e. The molecule has 29 heavy (non-hydrogen) atoms. The third-order valence-electron chi connectivity index (χ3n) is 5.52. The number of amides is 1. The number of Topliss-reactive ketones (excluding diaryl/α,β-unsaturated/α-hetero) is 1. The number of morpholine rings is 1. The van der Waals surface area contributed by atoms with Crippen LogP contribution < -0.4 is 0 Å². The van der Waals surface area contributed by atoms with Crippen molar-refractivity contribution in [1.82, 2.24) is 4.90 Å². The van der Waals surface area contributed by atoms with Gasteiger partial charge in [-0.15, -0.1) is 0 Å². The lowest BCUT2D eigenvalue weighted by molar-refractivity contribution is -0.0755. The molecule has 152 valence electrons. The van der Waals surface area contributed by atoms with Crippen LogP contribution in [0.4, 0.5) is 13.6 Å². The van der Waals surface area contributed by atoms with Gasteiger partial charge in [0.05, 0.1) is 30.9 Å². The third-order valence-corrected chi connectivity index (χ3v) is 5.52. The number of fused-ring (bicyclic) bond motifs is 2. The van der Waals surface area contributed by atoms with E-state index in [-0.39, 0.29) is 37.5 Å². The Labute approximate surface area is 167 Å². The van der Waals surface area contributed by atoms with Crippen LogP contribution in [0, 0.1) is 17.6 Å². The van der Waals surface area contributed by atoms with E-state index in [0.29, 0.717) is 12.8 Å². The Balaban J connectivity index is 1.45. The maximum Gasteiger partial charge on any atom is 0.410 e. The number of nitrogens with zero attached hydrogens (tertiary/aromatic N) is 1. The number of carbonyl (C=O) groups is 2. The molecule has 1 amide bonds. The summed E-state index contributed by atoms with van der Waals surface area (Å²) in [7, 11) is 0. The zero-order valence-electron chi connectivity index (χ0n) is 15.7. The van der Waals surface area contributed by atoms with E-state index in [4.69, 9.17) is 9.47 Å². The second-order valence-corrected chi connectivity index (χ2v) is 7.43. The van der Waals surface area contributed by atoms with E-state index in [1.165, 1.54) is 12.1 Å². The highest BCUT2D eigenvalue weighted by molar-refractivity contribution is 5.98. The molecule has 2 fully saturated rings. The zero-order chi connectivity index (χ0) is 20.4. The Hall–Kier alpha value is -2.80. The minimum absolute atomic E-state index is 0.160. The Bertz CT molecular complexity index is 891. The average molecular weight is 401 g/mol. The number of ether oxygens (including phenoxy) is 2. The molecule has 7 heteroatoms. The summed E-state index contributed by atoms with van der Waals surface area (Å²) < 4.78 is 38.6. The van der Waals surface area contributed by atoms with Gasteiger partial charge in [-0.3, -0.25) is 9.69 Å². The van der Waals surface area contributed by atoms with Gasteiger partial charge in [-0.05, 0) is 30.5 Å². The van der Waals surface area contributed by atoms with Crippen molar-refractivity contribution in [2.45, 2.75) is 31.5 Å². The predicted octanol–water partition coefficient (Wildman–Crippen LogP) is 3.96. The fourth-order valence-electron chi connectivity index (χ4n) is 4.14. The van der Waals surface area contributed by atoms with Gasteiger partial charge in [0.1, 0.15) is 6.61 Å². The standard InChI is InChI=1S/C22H21F2NO4/c23-19-8-4-7-18(20(19)24)21(26)15-9-16-12-28-13-17(10-15)25(16)22(27)29-11-14-5-2-1-3-6-14/h1-8,15-17H,9-13H2. The molecule has 4 rings (SSSR count). The predicted molar refractivity (Wildman–Crippen MR) is 100 cm³/mol. The van der Waals surface area contributed by atoms with Crippen molar-refractivity contribution in [2.24, 2.45) is 5.92 Å². The van der Waals surface area contributed by atoms with Gasteiger partial charge in [0.15, 0.2) is 17.4 Å². The molecular formula is C22H21F2NO4. The summed E-state index contributed by atoms with van der Waals surface area (Å²) in [5, 5.41) is 0. The van der Waals surface area contributed by atoms with Crippen molar-refractivity contribution in [3.8, 4) is 0 Å². The Morgan fingerprint density at radius 2 is 1.69 bits per heavy atom. The Morgan fingerprint density at radius 3 is 2.38 bits per heavy atom. The fourth-order valence-corrected chi connectivity index (χ4v) is 4.14. The summed E-state index contributed by atoms with van der Waals surface area (Å²) in [6.07, 6.45) is 0.201. The third kappa shape index (κ3) is 4.00. The van der Waals surface area contributed by atoms with Gasteiger partial charge >= 0.3 is 6.09 Å². The Morgan fingerprint density at radius 1 is 1.00 bits per heavy atom. The molecule has 2 aromatic carbocycles. The van der Waals surface area contributed by atoms with Crippen LogP contribution in [-0.2, 0) is 16.1 Å². The lowest BCUT2D eigenvalue weighted by atomic mass is 9.80. The quantitative estimate of drug-likeness (QED) is 0.728. The summed E-state index contributed by atoms with van der Waals surface area (Å²) >= 11 is 0. The van der Waals surface area contributed by atoms with E-state index >= 15 is 0 Å². The fraction of sp³-hybridized carbons (Fsp3) is 0.364. The van der Waals surface area contributed by atoms with Gasteiger partial charge in [-0.25, -0.2) is 13.6 Å². The highest BCUT2D eigenvalue weighted by Gasteiger charge is 2.44. The molecule has 0 aliphatic carbocycles. The van der Waals surface area contributed by atoms with E-state index < -0.39 is 29.4 Å². The number of hydrogen-bond acceptors (Lipinski definition) is 4. The molecule has 0 aromatic heterocycles. The molecule has 2 saturated heterocycles. The SMILES string of the molecule is O=C(c1cccc(F)c1F)C1CC2COCC(C1)N2C(=O)OCc1ccccc1. The van der Waals surface area contributed by atoms with Crippen molar-refractivity contribution in [3.05, 3.63) is 71.3 Å². The normalized spacial score (nSPS) is 23.5. The van der Waals surface area contributed by atoms with E-state index in [0.717, 1.165) is 11.6 Å². The van der Waals surface area contributed by atoms with E-state index in [1.807, 2.05) is 30.3 Å². The molecule has 0 radical (unpaired) electrons. The molecule has 2 heterocycles. The first-order chi connectivity index (χ1) is 14.0. The minimum atomic E-state index is -1.12. The van der Waals surface area contributed by atoms with Crippen molar-refractivity contribution in [2.75, 3.05) is 13.2 Å². The number of rotatable bonds is 4. The maximum atomic E-state index is 14.1. The van der Waals surface area contributed by atoms with E-state index in [1.54, 1.807) is 4.90 Å². The molecule has 2 aliphatic rings. The summed E-state index contributed by atoms with van der Waals surface area (Å²) in [6.45, 7) is 0.728. The lowest BCUT2D eigenvalue weighted by Crippen LogP contribution is -2.60. The topological polar surface area (TPSA) is 55.8 Å². The molecule has 0 saturated carbocycles. The summed E-state index contributed by atoms with van der Waals surface area (Å²) in [4.78, 5) is 27.1. The Kier molecular flexibility index (Phi) is 5.58. The average Bonchev–Trinajstić information content (AvgIpc) is 2.73. The van der Waals surface area contributed by atoms with Crippen molar-refractivity contribution >= 4 is 11.9 Å². The van der Waals surface area contributed by atoms with Gasteiger partial charge in [0.2, 0.25) is 0 Å². The number of ketones is 1. The minimum Gasteiger partial charge on any atom is -0.445 e. The van der Waals surface area contributed by atoms with E-state index in [9.17, 15) is 18.4 Å². The van der Waals surface area contributed by atoms with Crippen molar-refractivity contribution in [1.29, 1.82) is 0 Å². The van der Waals surface area contributed by atoms with Crippen LogP contribution >= 0.6 is 0 Å². The van der Waals surface area contributed by atoms with Crippen LogP contribution in [0.25, 0.3) is 0 Å². The second kappa shape index (κ2) is 8.29. The van der Waals surface area contributed by atoms with Crippen molar-refractivity contribution < 1.29 is 27.8 Å². The van der Waals surface area contributed by atoms with Gasteiger partial charge < -0.3 is 9.47 Å². The lowest BCUT2D eigenvalue weighted by Gasteiger charge is -2.47. The first kappa shape index (κ1) is 19.5. The number of carbonyl (C=O) groups excluding carboxylic acids is 2. The summed E-state index contributed by atoms with van der Waals surface area (Å²) in [5.41, 5.74) is 0.642. The van der Waals surface area contributed by atoms with Gasteiger partial charge in [0, 0.05) is 5.92 Å². The molecule has 2 atom stereocenters.